The zero-order valence-corrected chi connectivity index (χ0v) is 10.2. The van der Waals surface area contributed by atoms with E-state index in [4.69, 9.17) is 9.47 Å². The van der Waals surface area contributed by atoms with Crippen molar-refractivity contribution in [1.29, 1.82) is 0 Å². The summed E-state index contributed by atoms with van der Waals surface area (Å²) < 4.78 is 10.7. The second-order valence-electron chi connectivity index (χ2n) is 4.14. The Morgan fingerprint density at radius 3 is 2.68 bits per heavy atom. The smallest absolute Gasteiger partial charge is 0.231 e. The Kier molecular flexibility index (Phi) is 3.02. The van der Waals surface area contributed by atoms with Gasteiger partial charge in [0.1, 0.15) is 0 Å². The van der Waals surface area contributed by atoms with E-state index < -0.39 is 0 Å². The van der Waals surface area contributed by atoms with Crippen LogP contribution < -0.4 is 9.47 Å². The van der Waals surface area contributed by atoms with Crippen LogP contribution in [0, 0.1) is 0 Å². The van der Waals surface area contributed by atoms with Crippen LogP contribution in [0.2, 0.25) is 0 Å². The predicted molar refractivity (Wildman–Crippen MR) is 72.4 cm³/mol. The number of carbonyl (C=O) groups is 1. The quantitative estimate of drug-likeness (QED) is 0.621. The monoisotopic (exact) mass is 252 g/mol. The Morgan fingerprint density at radius 1 is 1.00 bits per heavy atom. The predicted octanol–water partition coefficient (Wildman–Crippen LogP) is 3.31. The van der Waals surface area contributed by atoms with Crippen molar-refractivity contribution in [1.82, 2.24) is 0 Å². The molecule has 0 amide bonds. The van der Waals surface area contributed by atoms with Crippen LogP contribution in [0.4, 0.5) is 0 Å². The summed E-state index contributed by atoms with van der Waals surface area (Å²) in [6.45, 7) is 0.229. The molecule has 0 N–H and O–H groups in total. The summed E-state index contributed by atoms with van der Waals surface area (Å²) in [7, 11) is 0. The molecule has 0 aliphatic carbocycles. The number of hydrogen-bond donors (Lipinski definition) is 0. The number of allylic oxidation sites excluding steroid dienone is 1. The lowest BCUT2D eigenvalue weighted by molar-refractivity contribution is 0.104. The van der Waals surface area contributed by atoms with E-state index in [2.05, 4.69) is 0 Å². The van der Waals surface area contributed by atoms with Gasteiger partial charge in [0.05, 0.1) is 0 Å². The molecule has 0 unspecified atom stereocenters. The first-order valence-corrected chi connectivity index (χ1v) is 6.01. The van der Waals surface area contributed by atoms with Crippen LogP contribution in [0.25, 0.3) is 6.08 Å². The molecule has 0 radical (unpaired) electrons. The third kappa shape index (κ3) is 2.36. The fraction of sp³-hybridized carbons (Fsp3) is 0.0625. The number of hydrogen-bond acceptors (Lipinski definition) is 3. The molecule has 2 aromatic rings. The third-order valence-electron chi connectivity index (χ3n) is 2.90. The summed E-state index contributed by atoms with van der Waals surface area (Å²) in [6, 6.07) is 14.8. The van der Waals surface area contributed by atoms with Gasteiger partial charge < -0.3 is 9.47 Å². The summed E-state index contributed by atoms with van der Waals surface area (Å²) in [4.78, 5) is 12.0. The molecule has 0 bridgehead atoms. The number of fused-ring (bicyclic) bond motifs is 1. The van der Waals surface area contributed by atoms with Gasteiger partial charge in [-0.3, -0.25) is 4.79 Å². The van der Waals surface area contributed by atoms with Crippen molar-refractivity contribution in [2.75, 3.05) is 6.79 Å². The van der Waals surface area contributed by atoms with E-state index in [-0.39, 0.29) is 12.6 Å². The molecule has 2 aromatic carbocycles. The van der Waals surface area contributed by atoms with Crippen molar-refractivity contribution in [3.8, 4) is 11.5 Å². The second-order valence-corrected chi connectivity index (χ2v) is 4.14. The summed E-state index contributed by atoms with van der Waals surface area (Å²) in [5, 5.41) is 0. The fourth-order valence-corrected chi connectivity index (χ4v) is 1.95. The number of para-hydroxylation sites is 1. The van der Waals surface area contributed by atoms with Gasteiger partial charge in [0.2, 0.25) is 6.79 Å². The summed E-state index contributed by atoms with van der Waals surface area (Å²) in [5.74, 6) is 1.38. The maximum atomic E-state index is 12.0. The minimum atomic E-state index is -0.0304. The molecule has 0 atom stereocenters. The van der Waals surface area contributed by atoms with Gasteiger partial charge in [-0.15, -0.1) is 0 Å². The highest BCUT2D eigenvalue weighted by atomic mass is 16.7. The maximum Gasteiger partial charge on any atom is 0.231 e. The number of ketones is 1. The first kappa shape index (κ1) is 11.5. The van der Waals surface area contributed by atoms with Crippen molar-refractivity contribution in [2.45, 2.75) is 0 Å². The Morgan fingerprint density at radius 2 is 1.84 bits per heavy atom. The lowest BCUT2D eigenvalue weighted by atomic mass is 10.1. The Balaban J connectivity index is 1.84. The Bertz CT molecular complexity index is 630. The van der Waals surface area contributed by atoms with Gasteiger partial charge in [-0.1, -0.05) is 42.5 Å². The van der Waals surface area contributed by atoms with Gasteiger partial charge in [-0.2, -0.15) is 0 Å². The summed E-state index contributed by atoms with van der Waals surface area (Å²) >= 11 is 0. The average Bonchev–Trinajstić information content (AvgIpc) is 2.94. The second kappa shape index (κ2) is 4.98. The van der Waals surface area contributed by atoms with Crippen molar-refractivity contribution in [3.63, 3.8) is 0 Å². The van der Waals surface area contributed by atoms with Crippen LogP contribution in [-0.4, -0.2) is 12.6 Å². The highest BCUT2D eigenvalue weighted by Crippen LogP contribution is 2.35. The number of carbonyl (C=O) groups excluding carboxylic acids is 1. The minimum Gasteiger partial charge on any atom is -0.454 e. The lowest BCUT2D eigenvalue weighted by Gasteiger charge is -2.00. The number of rotatable bonds is 3. The van der Waals surface area contributed by atoms with Gasteiger partial charge in [0.15, 0.2) is 17.3 Å². The van der Waals surface area contributed by atoms with Gasteiger partial charge in [-0.25, -0.2) is 0 Å². The molecule has 0 aromatic heterocycles. The first-order chi connectivity index (χ1) is 9.34. The van der Waals surface area contributed by atoms with Crippen molar-refractivity contribution in [2.24, 2.45) is 0 Å². The van der Waals surface area contributed by atoms with Crippen LogP contribution in [0.15, 0.2) is 54.6 Å². The van der Waals surface area contributed by atoms with E-state index >= 15 is 0 Å². The normalized spacial score (nSPS) is 12.8. The van der Waals surface area contributed by atoms with Crippen LogP contribution in [0.1, 0.15) is 15.9 Å². The van der Waals surface area contributed by atoms with Gasteiger partial charge in [0.25, 0.3) is 0 Å². The molecule has 0 saturated heterocycles. The molecule has 1 aliphatic heterocycles. The molecule has 0 spiro atoms. The highest BCUT2D eigenvalue weighted by molar-refractivity contribution is 6.06. The molecule has 0 saturated carbocycles. The third-order valence-corrected chi connectivity index (χ3v) is 2.90. The molecular weight excluding hydrogens is 240 g/mol. The van der Waals surface area contributed by atoms with Crippen LogP contribution in [0.3, 0.4) is 0 Å². The lowest BCUT2D eigenvalue weighted by Crippen LogP contribution is -1.94. The van der Waals surface area contributed by atoms with E-state index in [1.165, 1.54) is 0 Å². The largest absolute Gasteiger partial charge is 0.454 e. The van der Waals surface area contributed by atoms with E-state index in [1.807, 2.05) is 36.4 Å². The zero-order chi connectivity index (χ0) is 13.1. The van der Waals surface area contributed by atoms with Crippen LogP contribution in [0.5, 0.6) is 11.5 Å². The molecule has 1 heterocycles. The van der Waals surface area contributed by atoms with E-state index in [0.29, 0.717) is 17.1 Å². The molecule has 3 heteroatoms. The first-order valence-electron chi connectivity index (χ1n) is 6.01. The molecule has 19 heavy (non-hydrogen) atoms. The molecular formula is C16H12O3. The summed E-state index contributed by atoms with van der Waals surface area (Å²) in [6.07, 6.45) is 3.30. The Hall–Kier alpha value is -2.55. The van der Waals surface area contributed by atoms with Gasteiger partial charge in [-0.05, 0) is 18.2 Å². The highest BCUT2D eigenvalue weighted by Gasteiger charge is 2.15. The van der Waals surface area contributed by atoms with Gasteiger partial charge in [0, 0.05) is 11.1 Å². The van der Waals surface area contributed by atoms with Gasteiger partial charge >= 0.3 is 0 Å². The maximum absolute atomic E-state index is 12.0. The number of ether oxygens (including phenoxy) is 2. The minimum absolute atomic E-state index is 0.0304. The molecule has 94 valence electrons. The Labute approximate surface area is 111 Å². The standard InChI is InChI=1S/C16H12O3/c17-14(12-5-2-1-3-6-12)10-9-13-7-4-8-15-16(13)19-11-18-15/h1-10H,11H2. The fourth-order valence-electron chi connectivity index (χ4n) is 1.95. The van der Waals surface area contributed by atoms with E-state index in [1.54, 1.807) is 24.3 Å². The molecule has 3 nitrogen and oxygen atoms in total. The number of benzene rings is 2. The van der Waals surface area contributed by atoms with Crippen LogP contribution >= 0.6 is 0 Å². The van der Waals surface area contributed by atoms with Crippen molar-refractivity contribution < 1.29 is 14.3 Å². The van der Waals surface area contributed by atoms with E-state index in [9.17, 15) is 4.79 Å². The molecule has 3 rings (SSSR count). The van der Waals surface area contributed by atoms with Crippen molar-refractivity contribution >= 4 is 11.9 Å². The summed E-state index contributed by atoms with van der Waals surface area (Å²) in [5.41, 5.74) is 1.52. The van der Waals surface area contributed by atoms with Crippen LogP contribution in [-0.2, 0) is 0 Å². The average molecular weight is 252 g/mol. The molecule has 0 fully saturated rings. The topological polar surface area (TPSA) is 35.5 Å². The SMILES string of the molecule is O=C(C=Cc1cccc2c1OCO2)c1ccccc1. The van der Waals surface area contributed by atoms with Crippen molar-refractivity contribution in [3.05, 3.63) is 65.7 Å². The zero-order valence-electron chi connectivity index (χ0n) is 10.2. The molecule has 1 aliphatic rings. The van der Waals surface area contributed by atoms with E-state index in [0.717, 1.165) is 5.56 Å².